The van der Waals surface area contributed by atoms with Crippen LogP contribution in [-0.2, 0) is 15.1 Å². The minimum atomic E-state index is -2.80. The zero-order valence-corrected chi connectivity index (χ0v) is 17.9. The molecule has 174 valence electrons. The molecule has 1 saturated heterocycles. The third kappa shape index (κ3) is 3.59. The van der Waals surface area contributed by atoms with Crippen LogP contribution in [0.1, 0.15) is 36.9 Å². The van der Waals surface area contributed by atoms with Gasteiger partial charge in [0.25, 0.3) is 6.43 Å². The van der Waals surface area contributed by atoms with Crippen LogP contribution in [0.5, 0.6) is 0 Å². The van der Waals surface area contributed by atoms with Gasteiger partial charge in [0.05, 0.1) is 12.2 Å². The number of anilines is 1. The second-order valence-corrected chi connectivity index (χ2v) is 8.77. The van der Waals surface area contributed by atoms with Crippen molar-refractivity contribution in [1.82, 2.24) is 15.0 Å². The second-order valence-electron chi connectivity index (χ2n) is 8.77. The molecule has 2 N–H and O–H groups in total. The third-order valence-corrected chi connectivity index (χ3v) is 6.37. The van der Waals surface area contributed by atoms with Crippen LogP contribution in [-0.4, -0.2) is 39.2 Å². The fourth-order valence-corrected chi connectivity index (χ4v) is 4.25. The number of carbonyl (C=O) groups is 1. The van der Waals surface area contributed by atoms with Crippen LogP contribution in [0.2, 0.25) is 0 Å². The average molecular weight is 466 g/mol. The molecule has 1 aromatic carbocycles. The van der Waals surface area contributed by atoms with Gasteiger partial charge in [0.2, 0.25) is 11.8 Å². The Balaban J connectivity index is 1.45. The smallest absolute Gasteiger partial charge is 0.281 e. The number of hydrogen-bond acceptors (Lipinski definition) is 7. The van der Waals surface area contributed by atoms with Gasteiger partial charge in [0, 0.05) is 42.1 Å². The fourth-order valence-electron chi connectivity index (χ4n) is 4.25. The number of carbonyl (C=O) groups excluding carboxylic acids is 1. The summed E-state index contributed by atoms with van der Waals surface area (Å²) in [6.07, 6.45) is 1.91. The lowest BCUT2D eigenvalue weighted by Gasteiger charge is -2.20. The highest BCUT2D eigenvalue weighted by Crippen LogP contribution is 2.37. The molecular weight excluding hydrogens is 446 g/mol. The first kappa shape index (κ1) is 21.1. The average Bonchev–Trinajstić information content (AvgIpc) is 3.45. The molecule has 2 aliphatic rings. The monoisotopic (exact) mass is 466 g/mol. The van der Waals surface area contributed by atoms with E-state index in [4.69, 9.17) is 9.15 Å². The maximum Gasteiger partial charge on any atom is 0.281 e. The van der Waals surface area contributed by atoms with Crippen molar-refractivity contribution in [2.75, 3.05) is 18.5 Å². The number of aromatic nitrogens is 3. The number of alkyl halides is 2. The van der Waals surface area contributed by atoms with Gasteiger partial charge < -0.3 is 19.6 Å². The molecule has 1 aliphatic carbocycles. The van der Waals surface area contributed by atoms with Crippen molar-refractivity contribution < 1.29 is 27.8 Å². The molecule has 8 nitrogen and oxygen atoms in total. The van der Waals surface area contributed by atoms with E-state index in [1.807, 2.05) is 0 Å². The minimum Gasteiger partial charge on any atom is -0.436 e. The highest BCUT2D eigenvalue weighted by molar-refractivity contribution is 6.00. The van der Waals surface area contributed by atoms with Crippen LogP contribution in [0, 0.1) is 5.92 Å². The molecule has 34 heavy (non-hydrogen) atoms. The Morgan fingerprint density at radius 3 is 2.76 bits per heavy atom. The molecule has 4 aromatic rings. The fraction of sp³-hybridized carbons (Fsp3) is 0.333. The number of aliphatic hydroxyl groups is 1. The lowest BCUT2D eigenvalue weighted by Crippen LogP contribution is -2.25. The zero-order chi connectivity index (χ0) is 23.4. The lowest BCUT2D eigenvalue weighted by atomic mass is 9.93. The van der Waals surface area contributed by atoms with Crippen molar-refractivity contribution in [3.05, 3.63) is 47.9 Å². The summed E-state index contributed by atoms with van der Waals surface area (Å²) in [5, 5.41) is 14.1. The Morgan fingerprint density at radius 1 is 1.18 bits per heavy atom. The maximum atomic E-state index is 13.6. The molecule has 0 bridgehead atoms. The van der Waals surface area contributed by atoms with Crippen LogP contribution < -0.4 is 5.32 Å². The van der Waals surface area contributed by atoms with E-state index in [1.165, 1.54) is 18.5 Å². The third-order valence-electron chi connectivity index (χ3n) is 6.37. The molecule has 2 fully saturated rings. The van der Waals surface area contributed by atoms with Crippen molar-refractivity contribution in [3.63, 3.8) is 0 Å². The largest absolute Gasteiger partial charge is 0.436 e. The van der Waals surface area contributed by atoms with Gasteiger partial charge in [0.1, 0.15) is 22.6 Å². The van der Waals surface area contributed by atoms with Crippen molar-refractivity contribution >= 4 is 33.6 Å². The number of ether oxygens (including phenoxy) is 1. The van der Waals surface area contributed by atoms with Gasteiger partial charge in [-0.3, -0.25) is 9.78 Å². The first-order valence-electron chi connectivity index (χ1n) is 11.0. The second kappa shape index (κ2) is 7.78. The first-order valence-corrected chi connectivity index (χ1v) is 11.0. The van der Waals surface area contributed by atoms with E-state index in [9.17, 15) is 18.7 Å². The van der Waals surface area contributed by atoms with Gasteiger partial charge in [-0.15, -0.1) is 0 Å². The summed E-state index contributed by atoms with van der Waals surface area (Å²) < 4.78 is 38.6. The quantitative estimate of drug-likeness (QED) is 0.450. The molecule has 0 radical (unpaired) electrons. The van der Waals surface area contributed by atoms with Gasteiger partial charge in [-0.25, -0.2) is 18.7 Å². The number of halogens is 2. The summed E-state index contributed by atoms with van der Waals surface area (Å²) in [4.78, 5) is 24.8. The predicted molar refractivity (Wildman–Crippen MR) is 118 cm³/mol. The van der Waals surface area contributed by atoms with E-state index in [0.717, 1.165) is 12.8 Å². The molecule has 1 amide bonds. The minimum absolute atomic E-state index is 0.0302. The summed E-state index contributed by atoms with van der Waals surface area (Å²) in [7, 11) is 0. The van der Waals surface area contributed by atoms with Gasteiger partial charge in [-0.1, -0.05) is 6.07 Å². The van der Waals surface area contributed by atoms with Crippen LogP contribution in [0.3, 0.4) is 0 Å². The van der Waals surface area contributed by atoms with Crippen molar-refractivity contribution in [3.8, 4) is 11.5 Å². The Bertz CT molecular complexity index is 1430. The van der Waals surface area contributed by atoms with Crippen molar-refractivity contribution in [2.24, 2.45) is 5.92 Å². The number of pyridine rings is 2. The highest BCUT2D eigenvalue weighted by Gasteiger charge is 2.35. The number of nitrogens with one attached hydrogen (secondary N) is 1. The van der Waals surface area contributed by atoms with E-state index >= 15 is 0 Å². The number of oxazole rings is 1. The molecule has 0 unspecified atom stereocenters. The number of fused-ring (bicyclic) bond motifs is 2. The number of hydrogen-bond donors (Lipinski definition) is 2. The van der Waals surface area contributed by atoms with E-state index in [-0.39, 0.29) is 35.5 Å². The van der Waals surface area contributed by atoms with E-state index in [2.05, 4.69) is 20.3 Å². The molecule has 10 heteroatoms. The number of benzene rings is 1. The Hall–Kier alpha value is -3.50. The van der Waals surface area contributed by atoms with Crippen LogP contribution in [0.25, 0.3) is 33.3 Å². The van der Waals surface area contributed by atoms with Crippen LogP contribution >= 0.6 is 0 Å². The Kier molecular flexibility index (Phi) is 4.82. The van der Waals surface area contributed by atoms with Gasteiger partial charge in [-0.2, -0.15) is 0 Å². The van der Waals surface area contributed by atoms with Crippen LogP contribution in [0.15, 0.2) is 41.1 Å². The first-order chi connectivity index (χ1) is 16.4. The van der Waals surface area contributed by atoms with Crippen LogP contribution in [0.4, 0.5) is 14.6 Å². The standard InChI is InChI=1S/C24H20F2N4O4/c25-21(26)20-15-9-27-19(30-22(31)12-1-2-12)8-14(15)16(10-28-20)23-29-17-4-3-13(7-18(17)34-23)24(32)5-6-33-11-24/h3-4,7-10,12,21,32H,1-2,5-6,11H2,(H,27,30,31)/t24-/m1/s1. The molecule has 3 aromatic heterocycles. The molecule has 1 saturated carbocycles. The van der Waals surface area contributed by atoms with Crippen molar-refractivity contribution in [1.29, 1.82) is 0 Å². The van der Waals surface area contributed by atoms with Gasteiger partial charge in [-0.05, 0) is 36.6 Å². The Morgan fingerprint density at radius 2 is 2.03 bits per heavy atom. The molecule has 4 heterocycles. The highest BCUT2D eigenvalue weighted by atomic mass is 19.3. The van der Waals surface area contributed by atoms with Gasteiger partial charge in [0.15, 0.2) is 5.58 Å². The summed E-state index contributed by atoms with van der Waals surface area (Å²) in [5.74, 6) is 0.279. The molecule has 6 rings (SSSR count). The van der Waals surface area contributed by atoms with Crippen molar-refractivity contribution in [2.45, 2.75) is 31.3 Å². The molecule has 1 aliphatic heterocycles. The normalized spacial score (nSPS) is 20.5. The summed E-state index contributed by atoms with van der Waals surface area (Å²) in [6.45, 7) is 0.670. The molecular formula is C24H20F2N4O4. The number of rotatable bonds is 5. The lowest BCUT2D eigenvalue weighted by molar-refractivity contribution is -0.117. The summed E-state index contributed by atoms with van der Waals surface area (Å²) in [6, 6.07) is 6.76. The topological polar surface area (TPSA) is 110 Å². The van der Waals surface area contributed by atoms with E-state index in [0.29, 0.717) is 40.6 Å². The molecule has 0 spiro atoms. The zero-order valence-electron chi connectivity index (χ0n) is 17.9. The Labute approximate surface area is 192 Å². The van der Waals surface area contributed by atoms with E-state index < -0.39 is 17.7 Å². The van der Waals surface area contributed by atoms with Gasteiger partial charge >= 0.3 is 0 Å². The number of nitrogens with zero attached hydrogens (tertiary/aromatic N) is 3. The SMILES string of the molecule is O=C(Nc1cc2c(-c3nc4ccc([C@@]5(O)CCOC5)cc4o3)cnc(C(F)F)c2cn1)C1CC1. The number of amides is 1. The predicted octanol–water partition coefficient (Wildman–Crippen LogP) is 4.33. The summed E-state index contributed by atoms with van der Waals surface area (Å²) >= 11 is 0. The van der Waals surface area contributed by atoms with E-state index in [1.54, 1.807) is 18.2 Å². The maximum absolute atomic E-state index is 13.6. The summed E-state index contributed by atoms with van der Waals surface area (Å²) in [5.41, 5.74) is 0.538. The molecule has 1 atom stereocenters.